The maximum absolute atomic E-state index is 12.1. The smallest absolute Gasteiger partial charge is 0.240 e. The van der Waals surface area contributed by atoms with Gasteiger partial charge in [-0.25, -0.2) is 0 Å². The van der Waals surface area contributed by atoms with Gasteiger partial charge in [0.1, 0.15) is 0 Å². The summed E-state index contributed by atoms with van der Waals surface area (Å²) in [6, 6.07) is 0. The molecule has 1 unspecified atom stereocenters. The normalized spacial score (nSPS) is 29.6. The van der Waals surface area contributed by atoms with Gasteiger partial charge in [-0.2, -0.15) is 0 Å². The van der Waals surface area contributed by atoms with E-state index in [1.807, 2.05) is 6.92 Å². The van der Waals surface area contributed by atoms with Crippen LogP contribution >= 0.6 is 0 Å². The van der Waals surface area contributed by atoms with Crippen LogP contribution in [0.2, 0.25) is 0 Å². The van der Waals surface area contributed by atoms with Crippen LogP contribution in [0.1, 0.15) is 26.2 Å². The van der Waals surface area contributed by atoms with E-state index in [1.165, 1.54) is 0 Å². The monoisotopic (exact) mass is 268 g/mol. The number of hydrogen-bond donors (Lipinski definition) is 2. The van der Waals surface area contributed by atoms with Crippen LogP contribution in [0.5, 0.6) is 0 Å². The summed E-state index contributed by atoms with van der Waals surface area (Å²) < 4.78 is 0. The summed E-state index contributed by atoms with van der Waals surface area (Å²) in [5.74, 6) is 0.170. The van der Waals surface area contributed by atoms with Gasteiger partial charge < -0.3 is 20.4 Å². The summed E-state index contributed by atoms with van der Waals surface area (Å²) in [5.41, 5.74) is -0.326. The van der Waals surface area contributed by atoms with Gasteiger partial charge >= 0.3 is 0 Å². The number of nitrogens with zero attached hydrogens (tertiary/aromatic N) is 2. The molecule has 2 rings (SSSR count). The molecule has 5 heteroatoms. The van der Waals surface area contributed by atoms with Crippen molar-refractivity contribution >= 4 is 5.91 Å². The number of piperazine rings is 1. The predicted molar refractivity (Wildman–Crippen MR) is 77.2 cm³/mol. The van der Waals surface area contributed by atoms with Crippen molar-refractivity contribution in [2.24, 2.45) is 0 Å². The molecule has 0 radical (unpaired) electrons. The fraction of sp³-hybridized carbons (Fsp3) is 0.929. The molecule has 2 aliphatic heterocycles. The molecule has 5 nitrogen and oxygen atoms in total. The van der Waals surface area contributed by atoms with Gasteiger partial charge in [-0.3, -0.25) is 4.79 Å². The van der Waals surface area contributed by atoms with Gasteiger partial charge in [-0.05, 0) is 46.3 Å². The van der Waals surface area contributed by atoms with E-state index in [0.29, 0.717) is 0 Å². The van der Waals surface area contributed by atoms with Crippen molar-refractivity contribution in [2.45, 2.75) is 31.7 Å². The largest absolute Gasteiger partial charge is 0.354 e. The van der Waals surface area contributed by atoms with Gasteiger partial charge in [0.05, 0.1) is 5.54 Å². The molecule has 2 N–H and O–H groups in total. The lowest BCUT2D eigenvalue weighted by Gasteiger charge is -2.32. The minimum atomic E-state index is -0.326. The highest BCUT2D eigenvalue weighted by atomic mass is 16.2. The summed E-state index contributed by atoms with van der Waals surface area (Å²) in [6.07, 6.45) is 3.11. The Bertz CT molecular complexity index is 294. The van der Waals surface area contributed by atoms with Crippen molar-refractivity contribution in [3.8, 4) is 0 Å². The third-order valence-electron chi connectivity index (χ3n) is 4.40. The van der Waals surface area contributed by atoms with Crippen molar-refractivity contribution < 1.29 is 4.79 Å². The Labute approximate surface area is 116 Å². The summed E-state index contributed by atoms with van der Waals surface area (Å²) in [7, 11) is 2.17. The lowest BCUT2D eigenvalue weighted by molar-refractivity contribution is -0.126. The SMILES string of the molecule is CN1CCN(CCCNC(=O)C2(C)CCCN2)CC1. The zero-order chi connectivity index (χ0) is 13.7. The molecule has 0 spiro atoms. The number of likely N-dealkylation sites (N-methyl/N-ethyl adjacent to an activating group) is 1. The van der Waals surface area contributed by atoms with Gasteiger partial charge in [-0.1, -0.05) is 0 Å². The molecule has 2 fully saturated rings. The topological polar surface area (TPSA) is 47.6 Å². The van der Waals surface area contributed by atoms with E-state index in [2.05, 4.69) is 27.5 Å². The fourth-order valence-corrected chi connectivity index (χ4v) is 2.86. The molecule has 0 saturated carbocycles. The van der Waals surface area contributed by atoms with E-state index in [0.717, 1.165) is 65.1 Å². The van der Waals surface area contributed by atoms with Gasteiger partial charge in [0.25, 0.3) is 0 Å². The molecule has 0 aliphatic carbocycles. The average molecular weight is 268 g/mol. The Hall–Kier alpha value is -0.650. The molecule has 0 bridgehead atoms. The number of carbonyl (C=O) groups is 1. The van der Waals surface area contributed by atoms with Gasteiger partial charge in [-0.15, -0.1) is 0 Å². The van der Waals surface area contributed by atoms with Crippen molar-refractivity contribution in [3.63, 3.8) is 0 Å². The van der Waals surface area contributed by atoms with Crippen LogP contribution in [-0.4, -0.2) is 74.1 Å². The third-order valence-corrected chi connectivity index (χ3v) is 4.40. The standard InChI is InChI=1S/C14H28N4O/c1-14(5-3-7-16-14)13(19)15-6-4-8-18-11-9-17(2)10-12-18/h16H,3-12H2,1-2H3,(H,15,19). The van der Waals surface area contributed by atoms with Crippen LogP contribution in [0.3, 0.4) is 0 Å². The second kappa shape index (κ2) is 6.68. The Morgan fingerprint density at radius 2 is 2.05 bits per heavy atom. The Morgan fingerprint density at radius 3 is 2.68 bits per heavy atom. The van der Waals surface area contributed by atoms with E-state index in [1.54, 1.807) is 0 Å². The Balaban J connectivity index is 1.58. The average Bonchev–Trinajstić information content (AvgIpc) is 2.85. The molecule has 0 aromatic heterocycles. The number of hydrogen-bond acceptors (Lipinski definition) is 4. The Kier molecular flexibility index (Phi) is 5.19. The highest BCUT2D eigenvalue weighted by Gasteiger charge is 2.35. The highest BCUT2D eigenvalue weighted by Crippen LogP contribution is 2.18. The summed E-state index contributed by atoms with van der Waals surface area (Å²) in [4.78, 5) is 16.9. The molecule has 2 heterocycles. The predicted octanol–water partition coefficient (Wildman–Crippen LogP) is -0.118. The molecule has 0 aromatic carbocycles. The second-order valence-corrected chi connectivity index (χ2v) is 6.12. The molecule has 2 saturated heterocycles. The van der Waals surface area contributed by atoms with Crippen LogP contribution in [-0.2, 0) is 4.79 Å². The van der Waals surface area contributed by atoms with Crippen LogP contribution in [0, 0.1) is 0 Å². The van der Waals surface area contributed by atoms with E-state index in [9.17, 15) is 4.79 Å². The summed E-state index contributed by atoms with van der Waals surface area (Å²) in [6.45, 7) is 9.50. The first-order valence-corrected chi connectivity index (χ1v) is 7.54. The first-order chi connectivity index (χ1) is 9.10. The molecule has 1 amide bonds. The molecular weight excluding hydrogens is 240 g/mol. The number of carbonyl (C=O) groups excluding carboxylic acids is 1. The fourth-order valence-electron chi connectivity index (χ4n) is 2.86. The van der Waals surface area contributed by atoms with Crippen molar-refractivity contribution in [1.82, 2.24) is 20.4 Å². The van der Waals surface area contributed by atoms with Gasteiger partial charge in [0, 0.05) is 32.7 Å². The van der Waals surface area contributed by atoms with Crippen molar-refractivity contribution in [1.29, 1.82) is 0 Å². The van der Waals surface area contributed by atoms with E-state index < -0.39 is 0 Å². The molecule has 2 aliphatic rings. The number of amides is 1. The number of nitrogens with one attached hydrogen (secondary N) is 2. The lowest BCUT2D eigenvalue weighted by Crippen LogP contribution is -2.51. The van der Waals surface area contributed by atoms with Gasteiger partial charge in [0.2, 0.25) is 5.91 Å². The number of rotatable bonds is 5. The van der Waals surface area contributed by atoms with Crippen molar-refractivity contribution in [3.05, 3.63) is 0 Å². The first kappa shape index (κ1) is 14.8. The molecule has 19 heavy (non-hydrogen) atoms. The quantitative estimate of drug-likeness (QED) is 0.683. The minimum Gasteiger partial charge on any atom is -0.354 e. The molecule has 110 valence electrons. The maximum Gasteiger partial charge on any atom is 0.240 e. The van der Waals surface area contributed by atoms with E-state index in [-0.39, 0.29) is 11.4 Å². The highest BCUT2D eigenvalue weighted by molar-refractivity contribution is 5.86. The van der Waals surface area contributed by atoms with Crippen LogP contribution in [0.4, 0.5) is 0 Å². The zero-order valence-corrected chi connectivity index (χ0v) is 12.4. The second-order valence-electron chi connectivity index (χ2n) is 6.12. The van der Waals surface area contributed by atoms with Gasteiger partial charge in [0.15, 0.2) is 0 Å². The molecular formula is C14H28N4O. The van der Waals surface area contributed by atoms with E-state index >= 15 is 0 Å². The zero-order valence-electron chi connectivity index (χ0n) is 12.4. The summed E-state index contributed by atoms with van der Waals surface area (Å²) in [5, 5.41) is 6.37. The lowest BCUT2D eigenvalue weighted by atomic mass is 9.99. The molecule has 0 aromatic rings. The first-order valence-electron chi connectivity index (χ1n) is 7.54. The third kappa shape index (κ3) is 4.16. The Morgan fingerprint density at radius 1 is 1.32 bits per heavy atom. The molecule has 1 atom stereocenters. The summed E-state index contributed by atoms with van der Waals surface area (Å²) >= 11 is 0. The van der Waals surface area contributed by atoms with Crippen LogP contribution in [0.25, 0.3) is 0 Å². The van der Waals surface area contributed by atoms with E-state index in [4.69, 9.17) is 0 Å². The maximum atomic E-state index is 12.1. The van der Waals surface area contributed by atoms with Crippen LogP contribution in [0.15, 0.2) is 0 Å². The van der Waals surface area contributed by atoms with Crippen LogP contribution < -0.4 is 10.6 Å². The minimum absolute atomic E-state index is 0.170. The van der Waals surface area contributed by atoms with Crippen molar-refractivity contribution in [2.75, 3.05) is 52.9 Å².